The van der Waals surface area contributed by atoms with Gasteiger partial charge in [-0.15, -0.1) is 0 Å². The highest BCUT2D eigenvalue weighted by atomic mass is 16.4. The molecule has 1 aliphatic heterocycles. The van der Waals surface area contributed by atoms with Crippen molar-refractivity contribution in [1.29, 1.82) is 0 Å². The van der Waals surface area contributed by atoms with Crippen LogP contribution in [0.4, 0.5) is 5.69 Å². The maximum atomic E-state index is 8.70. The summed E-state index contributed by atoms with van der Waals surface area (Å²) in [6.07, 6.45) is 3.79. The van der Waals surface area contributed by atoms with Crippen LogP contribution in [0.15, 0.2) is 29.4 Å². The number of oxime groups is 1. The largest absolute Gasteiger partial charge is 0.409 e. The van der Waals surface area contributed by atoms with Crippen LogP contribution >= 0.6 is 0 Å². The molecule has 1 aromatic rings. The fourth-order valence-corrected chi connectivity index (χ4v) is 3.12. The second-order valence-corrected chi connectivity index (χ2v) is 7.01. The van der Waals surface area contributed by atoms with Crippen LogP contribution in [-0.2, 0) is 0 Å². The van der Waals surface area contributed by atoms with E-state index in [9.17, 15) is 0 Å². The van der Waals surface area contributed by atoms with Crippen molar-refractivity contribution in [3.8, 4) is 0 Å². The van der Waals surface area contributed by atoms with Crippen LogP contribution in [-0.4, -0.2) is 24.1 Å². The summed E-state index contributed by atoms with van der Waals surface area (Å²) in [7, 11) is 0. The summed E-state index contributed by atoms with van der Waals surface area (Å²) < 4.78 is 0. The minimum Gasteiger partial charge on any atom is -0.409 e. The highest BCUT2D eigenvalue weighted by Gasteiger charge is 2.27. The molecule has 1 atom stereocenters. The molecule has 1 aromatic carbocycles. The quantitative estimate of drug-likeness (QED) is 0.379. The van der Waals surface area contributed by atoms with E-state index in [4.69, 9.17) is 10.9 Å². The van der Waals surface area contributed by atoms with E-state index in [0.717, 1.165) is 24.6 Å². The van der Waals surface area contributed by atoms with Crippen LogP contribution in [0.1, 0.15) is 45.6 Å². The Kier molecular flexibility index (Phi) is 4.76. The minimum atomic E-state index is 0.158. The smallest absolute Gasteiger partial charge is 0.170 e. The first-order valence-electron chi connectivity index (χ1n) is 7.74. The van der Waals surface area contributed by atoms with Crippen molar-refractivity contribution in [2.75, 3.05) is 18.0 Å². The molecule has 0 amide bonds. The van der Waals surface area contributed by atoms with Crippen molar-refractivity contribution in [3.63, 3.8) is 0 Å². The van der Waals surface area contributed by atoms with E-state index < -0.39 is 0 Å². The van der Waals surface area contributed by atoms with E-state index in [-0.39, 0.29) is 5.84 Å². The fraction of sp³-hybridized carbons (Fsp3) is 0.588. The molecule has 0 bridgehead atoms. The van der Waals surface area contributed by atoms with Crippen LogP contribution in [0, 0.1) is 11.3 Å². The van der Waals surface area contributed by atoms with Gasteiger partial charge < -0.3 is 15.8 Å². The normalized spacial score (nSPS) is 21.2. The van der Waals surface area contributed by atoms with Crippen molar-refractivity contribution in [2.24, 2.45) is 22.2 Å². The van der Waals surface area contributed by atoms with E-state index in [1.165, 1.54) is 24.9 Å². The van der Waals surface area contributed by atoms with Crippen LogP contribution in [0.3, 0.4) is 0 Å². The summed E-state index contributed by atoms with van der Waals surface area (Å²) >= 11 is 0. The Morgan fingerprint density at radius 2 is 1.86 bits per heavy atom. The third-order valence-corrected chi connectivity index (χ3v) is 4.59. The molecule has 0 spiro atoms. The van der Waals surface area contributed by atoms with Gasteiger partial charge in [0.05, 0.1) is 0 Å². The first kappa shape index (κ1) is 15.7. The molecule has 2 rings (SSSR count). The average Bonchev–Trinajstić information content (AvgIpc) is 2.72. The lowest BCUT2D eigenvalue weighted by molar-refractivity contribution is 0.220. The van der Waals surface area contributed by atoms with Gasteiger partial charge in [0.15, 0.2) is 5.84 Å². The Morgan fingerprint density at radius 3 is 2.43 bits per heavy atom. The Morgan fingerprint density at radius 1 is 1.19 bits per heavy atom. The highest BCUT2D eigenvalue weighted by molar-refractivity contribution is 5.97. The topological polar surface area (TPSA) is 61.8 Å². The van der Waals surface area contributed by atoms with Crippen molar-refractivity contribution in [2.45, 2.75) is 40.0 Å². The lowest BCUT2D eigenvalue weighted by atomic mass is 9.77. The number of amidine groups is 1. The predicted molar refractivity (Wildman–Crippen MR) is 88.0 cm³/mol. The first-order valence-corrected chi connectivity index (χ1v) is 7.74. The molecular weight excluding hydrogens is 262 g/mol. The number of hydrogen-bond donors (Lipinski definition) is 2. The van der Waals surface area contributed by atoms with Gasteiger partial charge >= 0.3 is 0 Å². The van der Waals surface area contributed by atoms with E-state index in [2.05, 4.69) is 43.0 Å². The summed E-state index contributed by atoms with van der Waals surface area (Å²) in [5, 5.41) is 11.7. The predicted octanol–water partition coefficient (Wildman–Crippen LogP) is 3.43. The van der Waals surface area contributed by atoms with Crippen LogP contribution in [0.5, 0.6) is 0 Å². The summed E-state index contributed by atoms with van der Waals surface area (Å²) in [5.41, 5.74) is 7.97. The molecule has 0 aliphatic carbocycles. The van der Waals surface area contributed by atoms with Crippen LogP contribution < -0.4 is 10.6 Å². The molecule has 1 saturated heterocycles. The Hall–Kier alpha value is -1.71. The van der Waals surface area contributed by atoms with Crippen molar-refractivity contribution in [1.82, 2.24) is 0 Å². The number of nitrogens with zero attached hydrogens (tertiary/aromatic N) is 2. The zero-order chi connectivity index (χ0) is 15.5. The van der Waals surface area contributed by atoms with E-state index in [1.54, 1.807) is 0 Å². The number of nitrogens with two attached hydrogens (primary N) is 1. The molecule has 1 unspecified atom stereocenters. The van der Waals surface area contributed by atoms with Gasteiger partial charge in [-0.2, -0.15) is 0 Å². The lowest BCUT2D eigenvalue weighted by Crippen LogP contribution is -2.26. The molecule has 1 aliphatic rings. The van der Waals surface area contributed by atoms with Gasteiger partial charge in [0.1, 0.15) is 0 Å². The highest BCUT2D eigenvalue weighted by Crippen LogP contribution is 2.35. The van der Waals surface area contributed by atoms with Gasteiger partial charge in [0.2, 0.25) is 0 Å². The van der Waals surface area contributed by atoms with Gasteiger partial charge in [0, 0.05) is 24.3 Å². The summed E-state index contributed by atoms with van der Waals surface area (Å²) in [5.74, 6) is 0.948. The van der Waals surface area contributed by atoms with E-state index in [0.29, 0.717) is 5.41 Å². The molecule has 3 N–H and O–H groups in total. The molecule has 1 fully saturated rings. The maximum absolute atomic E-state index is 8.70. The zero-order valence-electron chi connectivity index (χ0n) is 13.3. The van der Waals surface area contributed by atoms with Crippen molar-refractivity contribution < 1.29 is 5.21 Å². The van der Waals surface area contributed by atoms with Gasteiger partial charge in [0.25, 0.3) is 0 Å². The van der Waals surface area contributed by atoms with Crippen molar-refractivity contribution >= 4 is 11.5 Å². The van der Waals surface area contributed by atoms with E-state index in [1.807, 2.05) is 12.1 Å². The molecule has 0 radical (unpaired) electrons. The Bertz CT molecular complexity index is 488. The van der Waals surface area contributed by atoms with Crippen LogP contribution in [0.25, 0.3) is 0 Å². The molecule has 0 saturated carbocycles. The second-order valence-electron chi connectivity index (χ2n) is 7.01. The average molecular weight is 289 g/mol. The summed E-state index contributed by atoms with van der Waals surface area (Å²) in [6.45, 7) is 9.25. The second kappa shape index (κ2) is 6.37. The SMILES string of the molecule is CC(C)(C)C1CCCN(c2ccc(C(N)=NO)cc2)CC1. The number of rotatable bonds is 2. The Labute approximate surface area is 127 Å². The van der Waals surface area contributed by atoms with Gasteiger partial charge in [-0.3, -0.25) is 0 Å². The van der Waals surface area contributed by atoms with E-state index >= 15 is 0 Å². The van der Waals surface area contributed by atoms with Crippen molar-refractivity contribution in [3.05, 3.63) is 29.8 Å². The number of benzene rings is 1. The maximum Gasteiger partial charge on any atom is 0.170 e. The molecule has 4 heteroatoms. The minimum absolute atomic E-state index is 0.158. The standard InChI is InChI=1S/C17H27N3O/c1-17(2,3)14-5-4-11-20(12-10-14)15-8-6-13(7-9-15)16(18)19-21/h6-9,14,21H,4-5,10-12H2,1-3H3,(H2,18,19). The number of anilines is 1. The molecule has 0 aromatic heterocycles. The van der Waals surface area contributed by atoms with Gasteiger partial charge in [-0.25, -0.2) is 0 Å². The lowest BCUT2D eigenvalue weighted by Gasteiger charge is -2.30. The molecule has 21 heavy (non-hydrogen) atoms. The van der Waals surface area contributed by atoms with Gasteiger partial charge in [-0.05, 0) is 54.9 Å². The third kappa shape index (κ3) is 3.90. The molecule has 1 heterocycles. The summed E-state index contributed by atoms with van der Waals surface area (Å²) in [6, 6.07) is 7.95. The van der Waals surface area contributed by atoms with Gasteiger partial charge in [-0.1, -0.05) is 25.9 Å². The molecule has 4 nitrogen and oxygen atoms in total. The van der Waals surface area contributed by atoms with Crippen LogP contribution in [0.2, 0.25) is 0 Å². The monoisotopic (exact) mass is 289 g/mol. The third-order valence-electron chi connectivity index (χ3n) is 4.59. The first-order chi connectivity index (χ1) is 9.91. The number of hydrogen-bond acceptors (Lipinski definition) is 3. The Balaban J connectivity index is 2.06. The zero-order valence-corrected chi connectivity index (χ0v) is 13.3. The molecule has 116 valence electrons. The summed E-state index contributed by atoms with van der Waals surface area (Å²) in [4.78, 5) is 2.45. The fourth-order valence-electron chi connectivity index (χ4n) is 3.12. The molecular formula is C17H27N3O.